The Balaban J connectivity index is 0.000000265. The number of aliphatic hydroxyl groups is 2. The first kappa shape index (κ1) is 14.1. The van der Waals surface area contributed by atoms with Crippen molar-refractivity contribution in [2.75, 3.05) is 6.61 Å². The maximum absolute atomic E-state index is 8.61. The summed E-state index contributed by atoms with van der Waals surface area (Å²) in [4.78, 5) is 0. The van der Waals surface area contributed by atoms with Gasteiger partial charge < -0.3 is 10.2 Å². The Labute approximate surface area is 92.6 Å². The summed E-state index contributed by atoms with van der Waals surface area (Å²) in [6.45, 7) is 4.03. The van der Waals surface area contributed by atoms with Gasteiger partial charge in [0.15, 0.2) is 0 Å². The van der Waals surface area contributed by atoms with E-state index >= 15 is 0 Å². The van der Waals surface area contributed by atoms with Gasteiger partial charge in [0.2, 0.25) is 0 Å². The van der Waals surface area contributed by atoms with Crippen LogP contribution in [0, 0.1) is 0 Å². The molecule has 0 aliphatic heterocycles. The van der Waals surface area contributed by atoms with Gasteiger partial charge in [-0.3, -0.25) is 0 Å². The number of hydrogen-bond donors (Lipinski definition) is 2. The van der Waals surface area contributed by atoms with Crippen molar-refractivity contribution in [3.05, 3.63) is 35.9 Å². The van der Waals surface area contributed by atoms with Crippen LogP contribution in [0.3, 0.4) is 0 Å². The minimum Gasteiger partial charge on any atom is -0.394 e. The molecule has 0 spiro atoms. The first-order chi connectivity index (χ1) is 7.24. The van der Waals surface area contributed by atoms with Crippen LogP contribution in [0.25, 0.3) is 0 Å². The molecule has 1 unspecified atom stereocenters. The van der Waals surface area contributed by atoms with Crippen molar-refractivity contribution in [1.29, 1.82) is 0 Å². The van der Waals surface area contributed by atoms with Crippen molar-refractivity contribution >= 4 is 0 Å². The Morgan fingerprint density at radius 2 is 1.73 bits per heavy atom. The van der Waals surface area contributed by atoms with Gasteiger partial charge in [-0.15, -0.1) is 0 Å². The van der Waals surface area contributed by atoms with Crippen LogP contribution >= 0.6 is 0 Å². The summed E-state index contributed by atoms with van der Waals surface area (Å²) >= 11 is 0. The van der Waals surface area contributed by atoms with Crippen molar-refractivity contribution in [1.82, 2.24) is 0 Å². The van der Waals surface area contributed by atoms with Gasteiger partial charge in [-0.25, -0.2) is 0 Å². The van der Waals surface area contributed by atoms with Gasteiger partial charge in [-0.05, 0) is 18.4 Å². The predicted octanol–water partition coefficient (Wildman–Crippen LogP) is 2.39. The summed E-state index contributed by atoms with van der Waals surface area (Å²) in [5.74, 6) is 0. The third-order valence-corrected chi connectivity index (χ3v) is 2.08. The predicted molar refractivity (Wildman–Crippen MR) is 63.8 cm³/mol. The molecule has 0 radical (unpaired) electrons. The second-order valence-corrected chi connectivity index (χ2v) is 3.46. The molecular formula is C13H22O2. The molecule has 2 nitrogen and oxygen atoms in total. The van der Waals surface area contributed by atoms with Crippen molar-refractivity contribution in [2.45, 2.75) is 39.2 Å². The average molecular weight is 210 g/mol. The third kappa shape index (κ3) is 8.16. The molecule has 0 aliphatic rings. The molecule has 0 fully saturated rings. The molecule has 2 N–H and O–H groups in total. The lowest BCUT2D eigenvalue weighted by Gasteiger charge is -2.01. The van der Waals surface area contributed by atoms with Crippen LogP contribution in [-0.2, 0) is 6.42 Å². The molecule has 1 aromatic carbocycles. The van der Waals surface area contributed by atoms with E-state index in [1.807, 2.05) is 13.0 Å². The smallest absolute Gasteiger partial charge is 0.0770 e. The molecule has 86 valence electrons. The van der Waals surface area contributed by atoms with E-state index in [1.54, 1.807) is 0 Å². The molecule has 15 heavy (non-hydrogen) atoms. The molecule has 1 atom stereocenters. The molecule has 0 heterocycles. The molecule has 0 amide bonds. The topological polar surface area (TPSA) is 40.5 Å². The van der Waals surface area contributed by atoms with Crippen molar-refractivity contribution in [3.8, 4) is 0 Å². The Morgan fingerprint density at radius 1 is 1.13 bits per heavy atom. The first-order valence-electron chi connectivity index (χ1n) is 5.57. The van der Waals surface area contributed by atoms with E-state index in [0.29, 0.717) is 6.42 Å². The SMILES string of the molecule is CCCC(O)CO.CCc1ccccc1. The Bertz CT molecular complexity index is 221. The standard InChI is InChI=1S/C8H10.C5H12O2/c1-2-8-6-4-3-5-7-8;1-2-3-5(7)4-6/h3-7H,2H2,1H3;5-7H,2-4H2,1H3. The zero-order valence-electron chi connectivity index (χ0n) is 9.69. The number of rotatable bonds is 4. The Hall–Kier alpha value is -0.860. The maximum Gasteiger partial charge on any atom is 0.0770 e. The van der Waals surface area contributed by atoms with E-state index < -0.39 is 6.10 Å². The summed E-state index contributed by atoms with van der Waals surface area (Å²) in [5.41, 5.74) is 1.41. The van der Waals surface area contributed by atoms with Gasteiger partial charge in [0.25, 0.3) is 0 Å². The number of hydrogen-bond acceptors (Lipinski definition) is 2. The van der Waals surface area contributed by atoms with Gasteiger partial charge >= 0.3 is 0 Å². The minimum absolute atomic E-state index is 0.103. The number of aliphatic hydroxyl groups excluding tert-OH is 2. The van der Waals surface area contributed by atoms with E-state index in [9.17, 15) is 0 Å². The second-order valence-electron chi connectivity index (χ2n) is 3.46. The van der Waals surface area contributed by atoms with E-state index in [2.05, 4.69) is 31.2 Å². The van der Waals surface area contributed by atoms with Crippen LogP contribution in [0.4, 0.5) is 0 Å². The van der Waals surface area contributed by atoms with Crippen molar-refractivity contribution in [3.63, 3.8) is 0 Å². The zero-order chi connectivity index (χ0) is 11.5. The third-order valence-electron chi connectivity index (χ3n) is 2.08. The van der Waals surface area contributed by atoms with Crippen LogP contribution in [-0.4, -0.2) is 22.9 Å². The molecule has 0 saturated heterocycles. The van der Waals surface area contributed by atoms with Crippen molar-refractivity contribution < 1.29 is 10.2 Å². The van der Waals surface area contributed by atoms with Crippen LogP contribution in [0.15, 0.2) is 30.3 Å². The molecular weight excluding hydrogens is 188 g/mol. The van der Waals surface area contributed by atoms with E-state index in [4.69, 9.17) is 10.2 Å². The highest BCUT2D eigenvalue weighted by atomic mass is 16.3. The second kappa shape index (κ2) is 9.69. The fourth-order valence-electron chi connectivity index (χ4n) is 1.14. The molecule has 0 aliphatic carbocycles. The van der Waals surface area contributed by atoms with Crippen molar-refractivity contribution in [2.24, 2.45) is 0 Å². The quantitative estimate of drug-likeness (QED) is 0.801. The van der Waals surface area contributed by atoms with Crippen LogP contribution in [0.5, 0.6) is 0 Å². The lowest BCUT2D eigenvalue weighted by Crippen LogP contribution is -2.10. The Kier molecular flexibility index (Phi) is 9.13. The summed E-state index contributed by atoms with van der Waals surface area (Å²) in [7, 11) is 0. The normalized spacial score (nSPS) is 11.5. The molecule has 0 saturated carbocycles. The summed E-state index contributed by atoms with van der Waals surface area (Å²) in [6.07, 6.45) is 2.28. The van der Waals surface area contributed by atoms with Gasteiger partial charge in [-0.2, -0.15) is 0 Å². The summed E-state index contributed by atoms with van der Waals surface area (Å²) in [5, 5.41) is 16.8. The lowest BCUT2D eigenvalue weighted by atomic mass is 10.2. The highest BCUT2D eigenvalue weighted by molar-refractivity contribution is 5.13. The molecule has 2 heteroatoms. The van der Waals surface area contributed by atoms with Gasteiger partial charge in [0.1, 0.15) is 0 Å². The van der Waals surface area contributed by atoms with Gasteiger partial charge in [0, 0.05) is 0 Å². The monoisotopic (exact) mass is 210 g/mol. The Morgan fingerprint density at radius 3 is 2.00 bits per heavy atom. The van der Waals surface area contributed by atoms with Gasteiger partial charge in [0.05, 0.1) is 12.7 Å². The van der Waals surface area contributed by atoms with E-state index in [0.717, 1.165) is 12.8 Å². The van der Waals surface area contributed by atoms with E-state index in [-0.39, 0.29) is 6.61 Å². The number of benzene rings is 1. The number of aryl methyl sites for hydroxylation is 1. The largest absolute Gasteiger partial charge is 0.394 e. The summed E-state index contributed by atoms with van der Waals surface area (Å²) < 4.78 is 0. The van der Waals surface area contributed by atoms with Crippen LogP contribution in [0.2, 0.25) is 0 Å². The highest BCUT2D eigenvalue weighted by Gasteiger charge is 1.95. The summed E-state index contributed by atoms with van der Waals surface area (Å²) in [6, 6.07) is 10.5. The van der Waals surface area contributed by atoms with Crippen LogP contribution < -0.4 is 0 Å². The zero-order valence-corrected chi connectivity index (χ0v) is 9.69. The minimum atomic E-state index is -0.495. The average Bonchev–Trinajstić information content (AvgIpc) is 2.31. The first-order valence-corrected chi connectivity index (χ1v) is 5.57. The molecule has 0 aromatic heterocycles. The highest BCUT2D eigenvalue weighted by Crippen LogP contribution is 1.96. The fraction of sp³-hybridized carbons (Fsp3) is 0.538. The van der Waals surface area contributed by atoms with Crippen LogP contribution in [0.1, 0.15) is 32.3 Å². The fourth-order valence-corrected chi connectivity index (χ4v) is 1.14. The molecule has 1 rings (SSSR count). The van der Waals surface area contributed by atoms with Gasteiger partial charge in [-0.1, -0.05) is 50.6 Å². The van der Waals surface area contributed by atoms with E-state index in [1.165, 1.54) is 5.56 Å². The molecule has 0 bridgehead atoms. The maximum atomic E-state index is 8.61. The molecule has 1 aromatic rings. The lowest BCUT2D eigenvalue weighted by molar-refractivity contribution is 0.0877.